The first kappa shape index (κ1) is 14.9. The molecule has 1 amide bonds. The van der Waals surface area contributed by atoms with E-state index in [2.05, 4.69) is 11.4 Å². The van der Waals surface area contributed by atoms with Crippen LogP contribution < -0.4 is 11.1 Å². The van der Waals surface area contributed by atoms with E-state index >= 15 is 0 Å². The third-order valence-corrected chi connectivity index (χ3v) is 3.73. The molecule has 110 valence electrons. The monoisotopic (exact) mass is 276 g/mol. The molecule has 3 N–H and O–H groups in total. The van der Waals surface area contributed by atoms with E-state index in [1.165, 1.54) is 5.56 Å². The highest BCUT2D eigenvalue weighted by atomic mass is 16.6. The smallest absolute Gasteiger partial charge is 0.412 e. The maximum absolute atomic E-state index is 11.9. The zero-order valence-corrected chi connectivity index (χ0v) is 12.7. The Hall–Kier alpha value is -1.55. The van der Waals surface area contributed by atoms with Gasteiger partial charge in [0, 0.05) is 17.6 Å². The number of hydrogen-bond donors (Lipinski definition) is 2. The van der Waals surface area contributed by atoms with Gasteiger partial charge in [0.05, 0.1) is 0 Å². The number of nitrogens with one attached hydrogen (secondary N) is 1. The average molecular weight is 276 g/mol. The van der Waals surface area contributed by atoms with E-state index in [-0.39, 0.29) is 5.41 Å². The quantitative estimate of drug-likeness (QED) is 0.890. The Morgan fingerprint density at radius 2 is 2.05 bits per heavy atom. The predicted molar refractivity (Wildman–Crippen MR) is 81.0 cm³/mol. The van der Waals surface area contributed by atoms with E-state index in [0.29, 0.717) is 6.54 Å². The van der Waals surface area contributed by atoms with Crippen molar-refractivity contribution in [3.05, 3.63) is 29.3 Å². The maximum Gasteiger partial charge on any atom is 0.412 e. The fraction of sp³-hybridized carbons (Fsp3) is 0.562. The number of ether oxygens (including phenoxy) is 1. The summed E-state index contributed by atoms with van der Waals surface area (Å²) in [6.07, 6.45) is 1.83. The van der Waals surface area contributed by atoms with Gasteiger partial charge < -0.3 is 10.5 Å². The van der Waals surface area contributed by atoms with Crippen LogP contribution in [0.3, 0.4) is 0 Å². The molecule has 0 atom stereocenters. The van der Waals surface area contributed by atoms with Crippen molar-refractivity contribution in [2.24, 2.45) is 5.73 Å². The van der Waals surface area contributed by atoms with Gasteiger partial charge in [-0.05, 0) is 57.7 Å². The Labute approximate surface area is 120 Å². The fourth-order valence-electron chi connectivity index (χ4n) is 2.26. The summed E-state index contributed by atoms with van der Waals surface area (Å²) in [5.41, 5.74) is 8.52. The molecule has 0 aromatic heterocycles. The van der Waals surface area contributed by atoms with Crippen LogP contribution in [0.25, 0.3) is 0 Å². The van der Waals surface area contributed by atoms with Crippen molar-refractivity contribution in [3.63, 3.8) is 0 Å². The molecule has 1 aliphatic carbocycles. The Balaban J connectivity index is 2.15. The Morgan fingerprint density at radius 1 is 1.40 bits per heavy atom. The van der Waals surface area contributed by atoms with Crippen LogP contribution in [0.4, 0.5) is 10.5 Å². The molecular formula is C16H24N2O2. The Kier molecular flexibility index (Phi) is 3.78. The van der Waals surface area contributed by atoms with Crippen molar-refractivity contribution < 1.29 is 9.53 Å². The molecule has 1 saturated carbocycles. The summed E-state index contributed by atoms with van der Waals surface area (Å²) in [4.78, 5) is 11.9. The molecular weight excluding hydrogens is 252 g/mol. The highest BCUT2D eigenvalue weighted by Gasteiger charge is 2.42. The summed E-state index contributed by atoms with van der Waals surface area (Å²) in [6.45, 7) is 8.18. The molecule has 4 nitrogen and oxygen atoms in total. The minimum atomic E-state index is -0.495. The van der Waals surface area contributed by atoms with Crippen molar-refractivity contribution in [3.8, 4) is 0 Å². The van der Waals surface area contributed by atoms with E-state index in [9.17, 15) is 4.79 Å². The number of rotatable bonds is 3. The molecule has 0 aliphatic heterocycles. The lowest BCUT2D eigenvalue weighted by Gasteiger charge is -2.21. The molecule has 0 bridgehead atoms. The van der Waals surface area contributed by atoms with Gasteiger partial charge in [0.2, 0.25) is 0 Å². The third kappa shape index (κ3) is 3.31. The summed E-state index contributed by atoms with van der Waals surface area (Å²) in [6, 6.07) is 6.16. The van der Waals surface area contributed by atoms with Gasteiger partial charge in [-0.3, -0.25) is 5.32 Å². The van der Waals surface area contributed by atoms with Gasteiger partial charge >= 0.3 is 6.09 Å². The number of aryl methyl sites for hydroxylation is 1. The number of nitrogens with two attached hydrogens (primary N) is 1. The first-order valence-corrected chi connectivity index (χ1v) is 7.07. The molecule has 0 radical (unpaired) electrons. The normalized spacial score (nSPS) is 16.6. The van der Waals surface area contributed by atoms with E-state index < -0.39 is 11.7 Å². The molecule has 0 spiro atoms. The maximum atomic E-state index is 11.9. The predicted octanol–water partition coefficient (Wildman–Crippen LogP) is 3.33. The summed E-state index contributed by atoms with van der Waals surface area (Å²) in [7, 11) is 0. The van der Waals surface area contributed by atoms with Crippen molar-refractivity contribution in [1.29, 1.82) is 0 Å². The van der Waals surface area contributed by atoms with E-state index in [1.807, 2.05) is 39.8 Å². The number of hydrogen-bond acceptors (Lipinski definition) is 3. The van der Waals surface area contributed by atoms with Crippen molar-refractivity contribution in [1.82, 2.24) is 0 Å². The second-order valence-electron chi connectivity index (χ2n) is 6.64. The van der Waals surface area contributed by atoms with Crippen molar-refractivity contribution in [2.45, 2.75) is 51.6 Å². The number of carbonyl (C=O) groups is 1. The van der Waals surface area contributed by atoms with Crippen LogP contribution in [0.15, 0.2) is 18.2 Å². The number of anilines is 1. The van der Waals surface area contributed by atoms with Crippen molar-refractivity contribution in [2.75, 3.05) is 11.9 Å². The average Bonchev–Trinajstić information content (AvgIpc) is 3.10. The van der Waals surface area contributed by atoms with Gasteiger partial charge in [0.25, 0.3) is 0 Å². The molecule has 4 heteroatoms. The van der Waals surface area contributed by atoms with Crippen LogP contribution in [0.2, 0.25) is 0 Å². The fourth-order valence-corrected chi connectivity index (χ4v) is 2.26. The zero-order chi connectivity index (χ0) is 15.0. The minimum absolute atomic E-state index is 0.123. The summed E-state index contributed by atoms with van der Waals surface area (Å²) in [5.74, 6) is 0. The molecule has 1 aliphatic rings. The topological polar surface area (TPSA) is 64.3 Å². The minimum Gasteiger partial charge on any atom is -0.444 e. The molecule has 20 heavy (non-hydrogen) atoms. The standard InChI is InChI=1S/C16H24N2O2/c1-11-5-6-12(16(10-17)7-8-16)9-13(11)18-14(19)20-15(2,3)4/h5-6,9H,7-8,10,17H2,1-4H3,(H,18,19). The van der Waals surface area contributed by atoms with Gasteiger partial charge in [-0.1, -0.05) is 12.1 Å². The van der Waals surface area contributed by atoms with Gasteiger partial charge in [-0.2, -0.15) is 0 Å². The van der Waals surface area contributed by atoms with Gasteiger partial charge in [0.15, 0.2) is 0 Å². The number of carbonyl (C=O) groups excluding carboxylic acids is 1. The van der Waals surface area contributed by atoms with Crippen LogP contribution in [0.5, 0.6) is 0 Å². The molecule has 1 fully saturated rings. The van der Waals surface area contributed by atoms with Crippen molar-refractivity contribution >= 4 is 11.8 Å². The SMILES string of the molecule is Cc1ccc(C2(CN)CC2)cc1NC(=O)OC(C)(C)C. The number of benzene rings is 1. The molecule has 2 rings (SSSR count). The number of amides is 1. The molecule has 1 aromatic carbocycles. The van der Waals surface area contributed by atoms with E-state index in [0.717, 1.165) is 24.1 Å². The highest BCUT2D eigenvalue weighted by Crippen LogP contribution is 2.47. The van der Waals surface area contributed by atoms with Crippen LogP contribution in [0, 0.1) is 6.92 Å². The lowest BCUT2D eigenvalue weighted by atomic mass is 9.94. The first-order chi connectivity index (χ1) is 9.26. The Morgan fingerprint density at radius 3 is 2.55 bits per heavy atom. The van der Waals surface area contributed by atoms with E-state index in [1.54, 1.807) is 0 Å². The molecule has 0 unspecified atom stereocenters. The lowest BCUT2D eigenvalue weighted by molar-refractivity contribution is 0.0636. The van der Waals surface area contributed by atoms with E-state index in [4.69, 9.17) is 10.5 Å². The van der Waals surface area contributed by atoms with Gasteiger partial charge in [0.1, 0.15) is 5.60 Å². The largest absolute Gasteiger partial charge is 0.444 e. The first-order valence-electron chi connectivity index (χ1n) is 7.07. The van der Waals surface area contributed by atoms with Crippen LogP contribution in [-0.4, -0.2) is 18.2 Å². The second kappa shape index (κ2) is 5.09. The summed E-state index contributed by atoms with van der Waals surface area (Å²) >= 11 is 0. The summed E-state index contributed by atoms with van der Waals surface area (Å²) in [5, 5.41) is 2.83. The van der Waals surface area contributed by atoms with Crippen LogP contribution in [-0.2, 0) is 10.2 Å². The molecule has 1 aromatic rings. The van der Waals surface area contributed by atoms with Crippen LogP contribution >= 0.6 is 0 Å². The summed E-state index contributed by atoms with van der Waals surface area (Å²) < 4.78 is 5.29. The lowest BCUT2D eigenvalue weighted by Crippen LogP contribution is -2.27. The second-order valence-corrected chi connectivity index (χ2v) is 6.64. The van der Waals surface area contributed by atoms with Gasteiger partial charge in [-0.15, -0.1) is 0 Å². The molecule has 0 heterocycles. The zero-order valence-electron chi connectivity index (χ0n) is 12.7. The Bertz CT molecular complexity index is 514. The van der Waals surface area contributed by atoms with Gasteiger partial charge in [-0.25, -0.2) is 4.79 Å². The third-order valence-electron chi connectivity index (χ3n) is 3.73. The highest BCUT2D eigenvalue weighted by molar-refractivity contribution is 5.86. The van der Waals surface area contributed by atoms with Crippen LogP contribution in [0.1, 0.15) is 44.7 Å². The molecule has 0 saturated heterocycles.